The molecule has 0 aliphatic carbocycles. The average Bonchev–Trinajstić information content (AvgIpc) is 2.62. The first kappa shape index (κ1) is 12.8. The van der Waals surface area contributed by atoms with E-state index in [1.165, 1.54) is 6.33 Å². The van der Waals surface area contributed by atoms with Gasteiger partial charge in [0, 0.05) is 18.5 Å². The Labute approximate surface area is 96.0 Å². The fourth-order valence-electron chi connectivity index (χ4n) is 1.49. The van der Waals surface area contributed by atoms with Crippen molar-refractivity contribution in [2.75, 3.05) is 0 Å². The van der Waals surface area contributed by atoms with Gasteiger partial charge in [0.05, 0.1) is 6.42 Å². The van der Waals surface area contributed by atoms with Crippen molar-refractivity contribution < 1.29 is 4.79 Å². The van der Waals surface area contributed by atoms with Crippen LogP contribution in [0.3, 0.4) is 0 Å². The number of nitrogens with two attached hydrogens (primary N) is 1. The zero-order chi connectivity index (χ0) is 12.1. The first-order valence-corrected chi connectivity index (χ1v) is 5.66. The second-order valence-corrected chi connectivity index (χ2v) is 4.45. The van der Waals surface area contributed by atoms with Crippen molar-refractivity contribution in [3.63, 3.8) is 0 Å². The van der Waals surface area contributed by atoms with E-state index >= 15 is 0 Å². The molecule has 0 aliphatic rings. The van der Waals surface area contributed by atoms with Crippen LogP contribution in [-0.4, -0.2) is 26.6 Å². The summed E-state index contributed by atoms with van der Waals surface area (Å²) in [6.07, 6.45) is 3.09. The van der Waals surface area contributed by atoms with Crippen LogP contribution in [0, 0.1) is 0 Å². The van der Waals surface area contributed by atoms with Gasteiger partial charge in [0.2, 0.25) is 0 Å². The summed E-state index contributed by atoms with van der Waals surface area (Å²) in [5.74, 6) is 0.914. The van der Waals surface area contributed by atoms with E-state index in [1.807, 2.05) is 20.8 Å². The predicted molar refractivity (Wildman–Crippen MR) is 62.0 cm³/mol. The lowest BCUT2D eigenvalue weighted by Gasteiger charge is -2.09. The van der Waals surface area contributed by atoms with Gasteiger partial charge in [0.15, 0.2) is 0 Å². The number of carbonyl (C=O) groups is 1. The standard InChI is InChI=1S/C11H20N4O/c1-8(2)15-11(13-7-14-15)6-10(16)5-4-9(3)12/h7-9H,4-6,12H2,1-3H3. The van der Waals surface area contributed by atoms with E-state index in [0.29, 0.717) is 12.8 Å². The van der Waals surface area contributed by atoms with Crippen molar-refractivity contribution in [2.45, 2.75) is 52.1 Å². The molecule has 5 heteroatoms. The Bertz CT molecular complexity index is 344. The number of rotatable bonds is 6. The van der Waals surface area contributed by atoms with E-state index in [1.54, 1.807) is 4.68 Å². The molecule has 1 aromatic rings. The second kappa shape index (κ2) is 5.75. The Morgan fingerprint density at radius 3 is 2.75 bits per heavy atom. The van der Waals surface area contributed by atoms with Gasteiger partial charge < -0.3 is 5.73 Å². The molecule has 0 amide bonds. The van der Waals surface area contributed by atoms with Gasteiger partial charge in [-0.2, -0.15) is 5.10 Å². The topological polar surface area (TPSA) is 73.8 Å². The van der Waals surface area contributed by atoms with Crippen molar-refractivity contribution in [3.8, 4) is 0 Å². The van der Waals surface area contributed by atoms with Crippen molar-refractivity contribution in [1.29, 1.82) is 0 Å². The molecule has 1 rings (SSSR count). The van der Waals surface area contributed by atoms with Crippen LogP contribution in [0.5, 0.6) is 0 Å². The zero-order valence-corrected chi connectivity index (χ0v) is 10.2. The van der Waals surface area contributed by atoms with Crippen LogP contribution in [0.2, 0.25) is 0 Å². The summed E-state index contributed by atoms with van der Waals surface area (Å²) in [5, 5.41) is 4.09. The Morgan fingerprint density at radius 1 is 1.50 bits per heavy atom. The summed E-state index contributed by atoms with van der Waals surface area (Å²) in [4.78, 5) is 15.8. The molecule has 0 aromatic carbocycles. The summed E-state index contributed by atoms with van der Waals surface area (Å²) in [7, 11) is 0. The molecule has 1 heterocycles. The molecule has 1 atom stereocenters. The third-order valence-corrected chi connectivity index (χ3v) is 2.37. The van der Waals surface area contributed by atoms with Crippen LogP contribution in [-0.2, 0) is 11.2 Å². The fraction of sp³-hybridized carbons (Fsp3) is 0.727. The summed E-state index contributed by atoms with van der Waals surface area (Å²) in [5.41, 5.74) is 5.61. The van der Waals surface area contributed by atoms with E-state index in [-0.39, 0.29) is 17.9 Å². The maximum absolute atomic E-state index is 11.7. The molecule has 0 saturated heterocycles. The maximum Gasteiger partial charge on any atom is 0.140 e. The van der Waals surface area contributed by atoms with E-state index in [0.717, 1.165) is 12.2 Å². The smallest absolute Gasteiger partial charge is 0.140 e. The Hall–Kier alpha value is -1.23. The minimum absolute atomic E-state index is 0.0759. The quantitative estimate of drug-likeness (QED) is 0.785. The molecule has 90 valence electrons. The van der Waals surface area contributed by atoms with E-state index in [9.17, 15) is 4.79 Å². The molecule has 0 saturated carbocycles. The van der Waals surface area contributed by atoms with Gasteiger partial charge >= 0.3 is 0 Å². The lowest BCUT2D eigenvalue weighted by Crippen LogP contribution is -2.18. The molecule has 1 aromatic heterocycles. The largest absolute Gasteiger partial charge is 0.328 e. The van der Waals surface area contributed by atoms with Crippen LogP contribution in [0.15, 0.2) is 6.33 Å². The lowest BCUT2D eigenvalue weighted by atomic mass is 10.1. The molecule has 0 radical (unpaired) electrons. The third kappa shape index (κ3) is 3.73. The third-order valence-electron chi connectivity index (χ3n) is 2.37. The predicted octanol–water partition coefficient (Wildman–Crippen LogP) is 1.10. The summed E-state index contributed by atoms with van der Waals surface area (Å²) in [6.45, 7) is 5.94. The molecular weight excluding hydrogens is 204 g/mol. The van der Waals surface area contributed by atoms with Crippen LogP contribution in [0.4, 0.5) is 0 Å². The molecule has 16 heavy (non-hydrogen) atoms. The number of hydrogen-bond donors (Lipinski definition) is 1. The minimum Gasteiger partial charge on any atom is -0.328 e. The van der Waals surface area contributed by atoms with Crippen LogP contribution in [0.25, 0.3) is 0 Å². The van der Waals surface area contributed by atoms with Crippen molar-refractivity contribution in [2.24, 2.45) is 5.73 Å². The number of nitrogens with zero attached hydrogens (tertiary/aromatic N) is 3. The molecular formula is C11H20N4O. The highest BCUT2D eigenvalue weighted by atomic mass is 16.1. The molecule has 5 nitrogen and oxygen atoms in total. The zero-order valence-electron chi connectivity index (χ0n) is 10.2. The number of hydrogen-bond acceptors (Lipinski definition) is 4. The molecule has 2 N–H and O–H groups in total. The molecule has 0 aliphatic heterocycles. The Balaban J connectivity index is 2.53. The van der Waals surface area contributed by atoms with Gasteiger partial charge in [-0.15, -0.1) is 0 Å². The number of Topliss-reactive ketones (excluding diaryl/α,β-unsaturated/α-hetero) is 1. The van der Waals surface area contributed by atoms with E-state index in [4.69, 9.17) is 5.73 Å². The van der Waals surface area contributed by atoms with Crippen molar-refractivity contribution in [3.05, 3.63) is 12.2 Å². The molecule has 0 fully saturated rings. The van der Waals surface area contributed by atoms with Crippen molar-refractivity contribution in [1.82, 2.24) is 14.8 Å². The average molecular weight is 224 g/mol. The lowest BCUT2D eigenvalue weighted by molar-refractivity contribution is -0.118. The monoisotopic (exact) mass is 224 g/mol. The van der Waals surface area contributed by atoms with Crippen LogP contribution >= 0.6 is 0 Å². The van der Waals surface area contributed by atoms with Crippen LogP contribution in [0.1, 0.15) is 45.5 Å². The minimum atomic E-state index is 0.0759. The highest BCUT2D eigenvalue weighted by Crippen LogP contribution is 2.07. The summed E-state index contributed by atoms with van der Waals surface area (Å²) >= 11 is 0. The Morgan fingerprint density at radius 2 is 2.19 bits per heavy atom. The van der Waals surface area contributed by atoms with E-state index in [2.05, 4.69) is 10.1 Å². The number of carbonyl (C=O) groups excluding carboxylic acids is 1. The molecule has 0 bridgehead atoms. The van der Waals surface area contributed by atoms with Crippen LogP contribution < -0.4 is 5.73 Å². The normalized spacial score (nSPS) is 13.1. The fourth-order valence-corrected chi connectivity index (χ4v) is 1.49. The summed E-state index contributed by atoms with van der Waals surface area (Å²) in [6, 6.07) is 0.311. The van der Waals surface area contributed by atoms with Gasteiger partial charge in [0.1, 0.15) is 17.9 Å². The second-order valence-electron chi connectivity index (χ2n) is 4.45. The Kier molecular flexibility index (Phi) is 4.61. The molecule has 1 unspecified atom stereocenters. The number of ketones is 1. The van der Waals surface area contributed by atoms with Gasteiger partial charge in [-0.05, 0) is 27.2 Å². The summed E-state index contributed by atoms with van der Waals surface area (Å²) < 4.78 is 1.78. The maximum atomic E-state index is 11.7. The van der Waals surface area contributed by atoms with Gasteiger partial charge in [-0.25, -0.2) is 9.67 Å². The van der Waals surface area contributed by atoms with Crippen molar-refractivity contribution >= 4 is 5.78 Å². The van der Waals surface area contributed by atoms with Gasteiger partial charge in [0.25, 0.3) is 0 Å². The van der Waals surface area contributed by atoms with E-state index < -0.39 is 0 Å². The first-order chi connectivity index (χ1) is 7.50. The van der Waals surface area contributed by atoms with Gasteiger partial charge in [-0.3, -0.25) is 4.79 Å². The first-order valence-electron chi connectivity index (χ1n) is 5.66. The SMILES string of the molecule is CC(N)CCC(=O)Cc1ncnn1C(C)C. The molecule has 0 spiro atoms. The highest BCUT2D eigenvalue weighted by molar-refractivity contribution is 5.80. The highest BCUT2D eigenvalue weighted by Gasteiger charge is 2.12. The number of aromatic nitrogens is 3. The van der Waals surface area contributed by atoms with Gasteiger partial charge in [-0.1, -0.05) is 0 Å².